The number of benzene rings is 1. The molecule has 3 heterocycles. The number of aromatic nitrogens is 1. The van der Waals surface area contributed by atoms with Crippen LogP contribution in [0.25, 0.3) is 0 Å². The van der Waals surface area contributed by atoms with E-state index in [9.17, 15) is 0 Å². The molecule has 28 heavy (non-hydrogen) atoms. The Balaban J connectivity index is 0.00000225. The Hall–Kier alpha value is -1.87. The van der Waals surface area contributed by atoms with E-state index in [2.05, 4.69) is 67.4 Å². The number of hydrogen-bond donors (Lipinski definition) is 1. The van der Waals surface area contributed by atoms with Gasteiger partial charge in [0.05, 0.1) is 0 Å². The van der Waals surface area contributed by atoms with Crippen molar-refractivity contribution in [3.8, 4) is 0 Å². The quantitative estimate of drug-likeness (QED) is 0.406. The average molecular weight is 492 g/mol. The number of rotatable bonds is 3. The van der Waals surface area contributed by atoms with Gasteiger partial charge >= 0.3 is 0 Å². The van der Waals surface area contributed by atoms with Crippen LogP contribution in [0.4, 0.5) is 11.5 Å². The van der Waals surface area contributed by atoms with E-state index in [-0.39, 0.29) is 24.0 Å². The SMILES string of the molecule is CN=C(NCc1cccnc1N1CCN(C)CC1)N1CCc2ccccc21.I. The van der Waals surface area contributed by atoms with Gasteiger partial charge in [0.15, 0.2) is 5.96 Å². The molecule has 2 aromatic rings. The fourth-order valence-corrected chi connectivity index (χ4v) is 3.90. The zero-order valence-electron chi connectivity index (χ0n) is 16.6. The lowest BCUT2D eigenvalue weighted by atomic mass is 10.2. The molecule has 0 saturated carbocycles. The number of piperazine rings is 1. The molecule has 6 nitrogen and oxygen atoms in total. The smallest absolute Gasteiger partial charge is 0.198 e. The third-order valence-corrected chi connectivity index (χ3v) is 5.46. The van der Waals surface area contributed by atoms with E-state index in [4.69, 9.17) is 0 Å². The molecule has 0 unspecified atom stereocenters. The van der Waals surface area contributed by atoms with Crippen molar-refractivity contribution < 1.29 is 0 Å². The van der Waals surface area contributed by atoms with Crippen LogP contribution in [0.5, 0.6) is 0 Å². The van der Waals surface area contributed by atoms with Gasteiger partial charge in [-0.1, -0.05) is 24.3 Å². The van der Waals surface area contributed by atoms with E-state index in [0.29, 0.717) is 0 Å². The Bertz CT molecular complexity index is 816. The molecule has 0 radical (unpaired) electrons. The maximum absolute atomic E-state index is 4.68. The van der Waals surface area contributed by atoms with Crippen molar-refractivity contribution in [2.24, 2.45) is 4.99 Å². The summed E-state index contributed by atoms with van der Waals surface area (Å²) in [4.78, 5) is 16.2. The lowest BCUT2D eigenvalue weighted by molar-refractivity contribution is 0.312. The van der Waals surface area contributed by atoms with Crippen LogP contribution in [0, 0.1) is 0 Å². The summed E-state index contributed by atoms with van der Waals surface area (Å²) in [6.45, 7) is 5.90. The number of fused-ring (bicyclic) bond motifs is 1. The molecule has 150 valence electrons. The first-order valence-electron chi connectivity index (χ1n) is 9.70. The number of likely N-dealkylation sites (N-methyl/N-ethyl adjacent to an activating group) is 1. The molecule has 1 N–H and O–H groups in total. The Morgan fingerprint density at radius 2 is 1.86 bits per heavy atom. The van der Waals surface area contributed by atoms with E-state index < -0.39 is 0 Å². The first kappa shape index (κ1) is 20.9. The number of guanidine groups is 1. The summed E-state index contributed by atoms with van der Waals surface area (Å²) in [6, 6.07) is 12.8. The molecule has 0 bridgehead atoms. The normalized spacial score (nSPS) is 17.3. The highest BCUT2D eigenvalue weighted by atomic mass is 127. The van der Waals surface area contributed by atoms with Crippen LogP contribution < -0.4 is 15.1 Å². The van der Waals surface area contributed by atoms with Gasteiger partial charge in [0, 0.05) is 63.8 Å². The highest BCUT2D eigenvalue weighted by Gasteiger charge is 2.23. The summed E-state index contributed by atoms with van der Waals surface area (Å²) in [5.74, 6) is 2.02. The third-order valence-electron chi connectivity index (χ3n) is 5.46. The predicted molar refractivity (Wildman–Crippen MR) is 127 cm³/mol. The van der Waals surface area contributed by atoms with Crippen LogP contribution in [0.2, 0.25) is 0 Å². The largest absolute Gasteiger partial charge is 0.354 e. The minimum Gasteiger partial charge on any atom is -0.354 e. The standard InChI is InChI=1S/C21H28N6.HI/c1-22-21(27-11-9-17-6-3-4-8-19(17)27)24-16-18-7-5-10-23-20(18)26-14-12-25(2)13-15-26;/h3-8,10H,9,11-16H2,1-2H3,(H,22,24);1H. The van der Waals surface area contributed by atoms with Gasteiger partial charge < -0.3 is 20.0 Å². The van der Waals surface area contributed by atoms with Crippen molar-refractivity contribution in [1.29, 1.82) is 0 Å². The van der Waals surface area contributed by atoms with Gasteiger partial charge in [-0.3, -0.25) is 4.99 Å². The molecule has 4 rings (SSSR count). The van der Waals surface area contributed by atoms with E-state index in [0.717, 1.165) is 57.5 Å². The second-order valence-electron chi connectivity index (χ2n) is 7.21. The van der Waals surface area contributed by atoms with E-state index >= 15 is 0 Å². The lowest BCUT2D eigenvalue weighted by Gasteiger charge is -2.34. The van der Waals surface area contributed by atoms with Gasteiger partial charge in [-0.25, -0.2) is 4.98 Å². The van der Waals surface area contributed by atoms with Crippen LogP contribution in [0.1, 0.15) is 11.1 Å². The molecule has 0 spiro atoms. The molecule has 2 aliphatic rings. The summed E-state index contributed by atoms with van der Waals surface area (Å²) in [6.07, 6.45) is 2.96. The molecule has 0 amide bonds. The molecular formula is C21H29IN6. The van der Waals surface area contributed by atoms with Crippen LogP contribution in [0.15, 0.2) is 47.6 Å². The highest BCUT2D eigenvalue weighted by Crippen LogP contribution is 2.27. The fraction of sp³-hybridized carbons (Fsp3) is 0.429. The molecule has 1 saturated heterocycles. The summed E-state index contributed by atoms with van der Waals surface area (Å²) >= 11 is 0. The number of pyridine rings is 1. The number of nitrogens with zero attached hydrogens (tertiary/aromatic N) is 5. The second kappa shape index (κ2) is 9.56. The minimum absolute atomic E-state index is 0. The zero-order chi connectivity index (χ0) is 18.6. The maximum Gasteiger partial charge on any atom is 0.198 e. The zero-order valence-corrected chi connectivity index (χ0v) is 19.0. The third kappa shape index (κ3) is 4.41. The lowest BCUT2D eigenvalue weighted by Crippen LogP contribution is -2.45. The number of para-hydroxylation sites is 1. The molecule has 0 aliphatic carbocycles. The monoisotopic (exact) mass is 492 g/mol. The van der Waals surface area contributed by atoms with Gasteiger partial charge in [0.25, 0.3) is 0 Å². The minimum atomic E-state index is 0. The van der Waals surface area contributed by atoms with Crippen LogP contribution in [-0.2, 0) is 13.0 Å². The number of aliphatic imine (C=N–C) groups is 1. The molecule has 1 aromatic heterocycles. The van der Waals surface area contributed by atoms with Crippen molar-refractivity contribution in [2.45, 2.75) is 13.0 Å². The Morgan fingerprint density at radius 1 is 1.07 bits per heavy atom. The summed E-state index contributed by atoms with van der Waals surface area (Å²) in [7, 11) is 4.03. The predicted octanol–water partition coefficient (Wildman–Crippen LogP) is 2.59. The first-order chi connectivity index (χ1) is 13.3. The summed E-state index contributed by atoms with van der Waals surface area (Å²) in [5.41, 5.74) is 3.87. The van der Waals surface area contributed by atoms with Crippen molar-refractivity contribution in [3.63, 3.8) is 0 Å². The Labute approximate surface area is 184 Å². The second-order valence-corrected chi connectivity index (χ2v) is 7.21. The molecule has 1 fully saturated rings. The number of halogens is 1. The molecule has 2 aliphatic heterocycles. The number of hydrogen-bond acceptors (Lipinski definition) is 4. The van der Waals surface area contributed by atoms with Gasteiger partial charge in [0.2, 0.25) is 0 Å². The molecular weight excluding hydrogens is 463 g/mol. The van der Waals surface area contributed by atoms with Crippen LogP contribution in [-0.4, -0.2) is 62.7 Å². The molecule has 7 heteroatoms. The maximum atomic E-state index is 4.68. The summed E-state index contributed by atoms with van der Waals surface area (Å²) in [5, 5.41) is 3.56. The van der Waals surface area contributed by atoms with Gasteiger partial charge in [0.1, 0.15) is 5.82 Å². The fourth-order valence-electron chi connectivity index (χ4n) is 3.90. The molecule has 0 atom stereocenters. The average Bonchev–Trinajstić information content (AvgIpc) is 3.14. The topological polar surface area (TPSA) is 47.0 Å². The number of nitrogens with one attached hydrogen (secondary N) is 1. The van der Waals surface area contributed by atoms with E-state index in [1.165, 1.54) is 16.8 Å². The van der Waals surface area contributed by atoms with Crippen molar-refractivity contribution in [1.82, 2.24) is 15.2 Å². The van der Waals surface area contributed by atoms with Crippen molar-refractivity contribution >= 4 is 41.4 Å². The van der Waals surface area contributed by atoms with Crippen LogP contribution in [0.3, 0.4) is 0 Å². The van der Waals surface area contributed by atoms with E-state index in [1.54, 1.807) is 0 Å². The van der Waals surface area contributed by atoms with Gasteiger partial charge in [-0.2, -0.15) is 0 Å². The Morgan fingerprint density at radius 3 is 2.64 bits per heavy atom. The summed E-state index contributed by atoms with van der Waals surface area (Å²) < 4.78 is 0. The van der Waals surface area contributed by atoms with Crippen molar-refractivity contribution in [2.75, 3.05) is 56.6 Å². The van der Waals surface area contributed by atoms with Gasteiger partial charge in [-0.05, 0) is 31.2 Å². The first-order valence-corrected chi connectivity index (χ1v) is 9.70. The Kier molecular flexibility index (Phi) is 7.12. The van der Waals surface area contributed by atoms with Gasteiger partial charge in [-0.15, -0.1) is 24.0 Å². The van der Waals surface area contributed by atoms with E-state index in [1.807, 2.05) is 19.3 Å². The number of anilines is 2. The molecule has 1 aromatic carbocycles. The van der Waals surface area contributed by atoms with Crippen molar-refractivity contribution in [3.05, 3.63) is 53.7 Å². The van der Waals surface area contributed by atoms with Crippen LogP contribution >= 0.6 is 24.0 Å². The highest BCUT2D eigenvalue weighted by molar-refractivity contribution is 14.0.